The molecular formula is C14H13N3O3S. The van der Waals surface area contributed by atoms with Crippen molar-refractivity contribution in [3.05, 3.63) is 54.5 Å². The molecule has 0 bridgehead atoms. The Bertz CT molecular complexity index is 850. The van der Waals surface area contributed by atoms with E-state index in [1.165, 1.54) is 10.8 Å². The minimum absolute atomic E-state index is 0.0201. The Morgan fingerprint density at radius 3 is 2.67 bits per heavy atom. The van der Waals surface area contributed by atoms with Crippen molar-refractivity contribution in [2.75, 3.05) is 0 Å². The van der Waals surface area contributed by atoms with Crippen LogP contribution in [-0.4, -0.2) is 23.1 Å². The minimum Gasteiger partial charge on any atom is -0.356 e. The summed E-state index contributed by atoms with van der Waals surface area (Å²) >= 11 is 0. The first-order valence-electron chi connectivity index (χ1n) is 6.27. The van der Waals surface area contributed by atoms with Gasteiger partial charge in [-0.3, -0.25) is 0 Å². The summed E-state index contributed by atoms with van der Waals surface area (Å²) in [6.07, 6.45) is 3.04. The molecule has 2 heterocycles. The van der Waals surface area contributed by atoms with E-state index in [-0.39, 0.29) is 10.9 Å². The molecule has 0 aliphatic rings. The molecule has 1 aromatic carbocycles. The second kappa shape index (κ2) is 5.17. The largest absolute Gasteiger partial charge is 0.356 e. The smallest absolute Gasteiger partial charge is 0.227 e. The van der Waals surface area contributed by atoms with E-state index >= 15 is 0 Å². The third kappa shape index (κ3) is 2.73. The third-order valence-corrected chi connectivity index (χ3v) is 4.64. The van der Waals surface area contributed by atoms with Crippen LogP contribution in [-0.2, 0) is 22.6 Å². The van der Waals surface area contributed by atoms with Crippen LogP contribution in [0.1, 0.15) is 5.69 Å². The van der Waals surface area contributed by atoms with Gasteiger partial charge in [-0.1, -0.05) is 35.5 Å². The van der Waals surface area contributed by atoms with E-state index in [1.54, 1.807) is 19.3 Å². The van der Waals surface area contributed by atoms with Gasteiger partial charge in [-0.15, -0.1) is 0 Å². The molecule has 6 nitrogen and oxygen atoms in total. The highest BCUT2D eigenvalue weighted by atomic mass is 32.2. The summed E-state index contributed by atoms with van der Waals surface area (Å²) in [5, 5.41) is 3.85. The molecule has 7 heteroatoms. The Morgan fingerprint density at radius 1 is 1.24 bits per heavy atom. The van der Waals surface area contributed by atoms with Gasteiger partial charge in [0, 0.05) is 31.1 Å². The number of hydrogen-bond acceptors (Lipinski definition) is 5. The van der Waals surface area contributed by atoms with Gasteiger partial charge in [-0.2, -0.15) is 0 Å². The summed E-state index contributed by atoms with van der Waals surface area (Å²) < 4.78 is 31.2. The normalized spacial score (nSPS) is 11.7. The van der Waals surface area contributed by atoms with Crippen LogP contribution >= 0.6 is 0 Å². The first-order chi connectivity index (χ1) is 10.1. The standard InChI is InChI=1S/C14H13N3O3S/c1-17-8-7-15-14(17)21(18,19)10-12-9-13(20-16-12)11-5-3-2-4-6-11/h2-9H,10H2,1H3. The minimum atomic E-state index is -3.54. The fourth-order valence-electron chi connectivity index (χ4n) is 2.03. The average molecular weight is 303 g/mol. The van der Waals surface area contributed by atoms with Crippen molar-refractivity contribution in [1.82, 2.24) is 14.7 Å². The van der Waals surface area contributed by atoms with Crippen molar-refractivity contribution in [2.45, 2.75) is 10.9 Å². The summed E-state index contributed by atoms with van der Waals surface area (Å²) in [6, 6.07) is 11.0. The summed E-state index contributed by atoms with van der Waals surface area (Å²) in [6.45, 7) is 0. The Labute approximate surface area is 122 Å². The number of aromatic nitrogens is 3. The van der Waals surface area contributed by atoms with E-state index < -0.39 is 9.84 Å². The summed E-state index contributed by atoms with van der Waals surface area (Å²) in [7, 11) is -1.90. The third-order valence-electron chi connectivity index (χ3n) is 3.01. The molecule has 0 amide bonds. The van der Waals surface area contributed by atoms with Crippen LogP contribution < -0.4 is 0 Å². The molecule has 0 radical (unpaired) electrons. The zero-order chi connectivity index (χ0) is 14.9. The number of rotatable bonds is 4. The molecule has 0 unspecified atom stereocenters. The van der Waals surface area contributed by atoms with Crippen molar-refractivity contribution in [3.63, 3.8) is 0 Å². The van der Waals surface area contributed by atoms with Gasteiger partial charge in [0.15, 0.2) is 5.76 Å². The lowest BCUT2D eigenvalue weighted by Gasteiger charge is -2.01. The fraction of sp³-hybridized carbons (Fsp3) is 0.143. The first-order valence-corrected chi connectivity index (χ1v) is 7.92. The van der Waals surface area contributed by atoms with Crippen LogP contribution in [0.4, 0.5) is 0 Å². The maximum absolute atomic E-state index is 12.3. The van der Waals surface area contributed by atoms with Gasteiger partial charge >= 0.3 is 0 Å². The van der Waals surface area contributed by atoms with E-state index in [0.29, 0.717) is 11.5 Å². The lowest BCUT2D eigenvalue weighted by atomic mass is 10.2. The van der Waals surface area contributed by atoms with Crippen LogP contribution in [0.2, 0.25) is 0 Å². The molecule has 3 aromatic rings. The summed E-state index contributed by atoms with van der Waals surface area (Å²) in [4.78, 5) is 3.87. The summed E-state index contributed by atoms with van der Waals surface area (Å²) in [5.74, 6) is 0.300. The Balaban J connectivity index is 1.87. The van der Waals surface area contributed by atoms with Gasteiger partial charge in [-0.25, -0.2) is 13.4 Å². The maximum atomic E-state index is 12.3. The van der Waals surface area contributed by atoms with Crippen molar-refractivity contribution in [2.24, 2.45) is 7.05 Å². The monoisotopic (exact) mass is 303 g/mol. The molecule has 0 aliphatic heterocycles. The van der Waals surface area contributed by atoms with Crippen molar-refractivity contribution in [3.8, 4) is 11.3 Å². The van der Waals surface area contributed by atoms with E-state index in [9.17, 15) is 8.42 Å². The molecule has 0 saturated carbocycles. The van der Waals surface area contributed by atoms with Crippen LogP contribution in [0.25, 0.3) is 11.3 Å². The van der Waals surface area contributed by atoms with Crippen LogP contribution in [0.5, 0.6) is 0 Å². The van der Waals surface area contributed by atoms with E-state index in [0.717, 1.165) is 5.56 Å². The topological polar surface area (TPSA) is 78.0 Å². The lowest BCUT2D eigenvalue weighted by molar-refractivity contribution is 0.425. The van der Waals surface area contributed by atoms with Crippen molar-refractivity contribution >= 4 is 9.84 Å². The molecule has 3 rings (SSSR count). The molecule has 0 fully saturated rings. The predicted molar refractivity (Wildman–Crippen MR) is 76.0 cm³/mol. The second-order valence-corrected chi connectivity index (χ2v) is 6.51. The van der Waals surface area contributed by atoms with Gasteiger partial charge < -0.3 is 9.09 Å². The Hall–Kier alpha value is -2.41. The highest BCUT2D eigenvalue weighted by Gasteiger charge is 2.22. The van der Waals surface area contributed by atoms with E-state index in [4.69, 9.17) is 4.52 Å². The highest BCUT2D eigenvalue weighted by molar-refractivity contribution is 7.90. The highest BCUT2D eigenvalue weighted by Crippen LogP contribution is 2.22. The molecule has 21 heavy (non-hydrogen) atoms. The molecule has 0 aliphatic carbocycles. The zero-order valence-electron chi connectivity index (χ0n) is 11.3. The quantitative estimate of drug-likeness (QED) is 0.737. The SMILES string of the molecule is Cn1ccnc1S(=O)(=O)Cc1cc(-c2ccccc2)on1. The molecule has 0 N–H and O–H groups in total. The number of sulfone groups is 1. The van der Waals surface area contributed by atoms with Crippen LogP contribution in [0.3, 0.4) is 0 Å². The van der Waals surface area contributed by atoms with Crippen LogP contribution in [0, 0.1) is 0 Å². The number of benzene rings is 1. The van der Waals surface area contributed by atoms with Gasteiger partial charge in [0.2, 0.25) is 15.0 Å². The molecule has 0 atom stereocenters. The molecule has 108 valence electrons. The van der Waals surface area contributed by atoms with Gasteiger partial charge in [-0.05, 0) is 0 Å². The molecule has 2 aromatic heterocycles. The number of aryl methyl sites for hydroxylation is 1. The van der Waals surface area contributed by atoms with E-state index in [1.807, 2.05) is 30.3 Å². The maximum Gasteiger partial charge on any atom is 0.227 e. The van der Waals surface area contributed by atoms with Gasteiger partial charge in [0.1, 0.15) is 5.75 Å². The fourth-order valence-corrected chi connectivity index (χ4v) is 3.40. The number of hydrogen-bond donors (Lipinski definition) is 0. The lowest BCUT2D eigenvalue weighted by Crippen LogP contribution is -2.10. The number of imidazole rings is 1. The van der Waals surface area contributed by atoms with Crippen molar-refractivity contribution < 1.29 is 12.9 Å². The molecule has 0 spiro atoms. The Morgan fingerprint density at radius 2 is 2.00 bits per heavy atom. The molecule has 0 saturated heterocycles. The van der Waals surface area contributed by atoms with E-state index in [2.05, 4.69) is 10.1 Å². The predicted octanol–water partition coefficient (Wildman–Crippen LogP) is 2.05. The number of nitrogens with zero attached hydrogens (tertiary/aromatic N) is 3. The Kier molecular flexibility index (Phi) is 3.34. The van der Waals surface area contributed by atoms with Crippen LogP contribution in [0.15, 0.2) is 58.5 Å². The van der Waals surface area contributed by atoms with Gasteiger partial charge in [0.25, 0.3) is 0 Å². The zero-order valence-corrected chi connectivity index (χ0v) is 12.1. The molecular weight excluding hydrogens is 290 g/mol. The summed E-state index contributed by atoms with van der Waals surface area (Å²) in [5.41, 5.74) is 1.21. The van der Waals surface area contributed by atoms with Gasteiger partial charge in [0.05, 0.1) is 5.69 Å². The average Bonchev–Trinajstić information content (AvgIpc) is 3.08. The van der Waals surface area contributed by atoms with Crippen molar-refractivity contribution in [1.29, 1.82) is 0 Å². The first kappa shape index (κ1) is 13.6. The second-order valence-electron chi connectivity index (χ2n) is 4.63.